The summed E-state index contributed by atoms with van der Waals surface area (Å²) in [6, 6.07) is 6.35. The second kappa shape index (κ2) is 5.20. The second-order valence-corrected chi connectivity index (χ2v) is 7.63. The van der Waals surface area contributed by atoms with Gasteiger partial charge in [-0.2, -0.15) is 0 Å². The molecule has 0 aliphatic carbocycles. The number of H-pyrrole nitrogens is 1. The lowest BCUT2D eigenvalue weighted by atomic mass is 10.2. The molecule has 0 bridgehead atoms. The second-order valence-electron chi connectivity index (χ2n) is 5.40. The van der Waals surface area contributed by atoms with Crippen molar-refractivity contribution in [3.63, 3.8) is 0 Å². The fourth-order valence-electron chi connectivity index (χ4n) is 2.60. The number of hydrogen-bond donors (Lipinski definition) is 1. The number of hydrogen-bond acceptors (Lipinski definition) is 5. The zero-order valence-electron chi connectivity index (χ0n) is 11.9. The van der Waals surface area contributed by atoms with Crippen LogP contribution >= 0.6 is 0 Å². The largest absolute Gasteiger partial charge is 0.335 e. The van der Waals surface area contributed by atoms with Crippen LogP contribution in [0, 0.1) is 0 Å². The first-order valence-corrected chi connectivity index (χ1v) is 8.66. The number of benzene rings is 1. The van der Waals surface area contributed by atoms with E-state index in [-0.39, 0.29) is 28.9 Å². The van der Waals surface area contributed by atoms with Crippen molar-refractivity contribution in [2.75, 3.05) is 18.6 Å². The minimum Gasteiger partial charge on any atom is -0.335 e. The lowest BCUT2D eigenvalue weighted by molar-refractivity contribution is 0.0735. The Hall–Kier alpha value is -2.22. The van der Waals surface area contributed by atoms with Gasteiger partial charge >= 0.3 is 0 Å². The van der Waals surface area contributed by atoms with Crippen molar-refractivity contribution in [2.24, 2.45) is 0 Å². The summed E-state index contributed by atoms with van der Waals surface area (Å²) in [5.74, 6) is -0.523. The molecule has 0 radical (unpaired) electrons. The third kappa shape index (κ3) is 2.61. The standard InChI is InChI=1S/C14H15N3O4S/c1-17(9-6-7-22(20,21)8-9)14(19)12-15-11-5-3-2-4-10(11)13(18)16-12/h2-5,9H,6-8H2,1H3,(H,15,16,18)/t9-/m0/s1. The molecule has 1 amide bonds. The zero-order chi connectivity index (χ0) is 15.9. The smallest absolute Gasteiger partial charge is 0.289 e. The number of para-hydroxylation sites is 1. The van der Waals surface area contributed by atoms with Crippen LogP contribution in [-0.2, 0) is 9.84 Å². The van der Waals surface area contributed by atoms with Crippen molar-refractivity contribution < 1.29 is 13.2 Å². The van der Waals surface area contributed by atoms with Crippen LogP contribution in [0.5, 0.6) is 0 Å². The third-order valence-corrected chi connectivity index (χ3v) is 5.64. The van der Waals surface area contributed by atoms with Gasteiger partial charge in [0.05, 0.1) is 22.4 Å². The summed E-state index contributed by atoms with van der Waals surface area (Å²) < 4.78 is 23.0. The molecule has 1 atom stereocenters. The Labute approximate surface area is 126 Å². The highest BCUT2D eigenvalue weighted by Crippen LogP contribution is 2.18. The average molecular weight is 321 g/mol. The molecule has 2 heterocycles. The summed E-state index contributed by atoms with van der Waals surface area (Å²) in [5, 5.41) is 0.408. The van der Waals surface area contributed by atoms with Crippen LogP contribution in [-0.4, -0.2) is 53.8 Å². The molecule has 8 heteroatoms. The molecule has 1 aromatic carbocycles. The van der Waals surface area contributed by atoms with Gasteiger partial charge < -0.3 is 9.88 Å². The van der Waals surface area contributed by atoms with Gasteiger partial charge in [0.25, 0.3) is 11.5 Å². The molecule has 3 rings (SSSR count). The van der Waals surface area contributed by atoms with Crippen LogP contribution in [0.4, 0.5) is 0 Å². The first kappa shape index (κ1) is 14.7. The SMILES string of the molecule is CN(C(=O)c1nc2ccccc2c(=O)[nH]1)[C@H]1CCS(=O)(=O)C1. The van der Waals surface area contributed by atoms with Gasteiger partial charge in [-0.05, 0) is 18.6 Å². The van der Waals surface area contributed by atoms with E-state index in [0.29, 0.717) is 17.3 Å². The molecular formula is C14H15N3O4S. The molecule has 7 nitrogen and oxygen atoms in total. The molecule has 1 aromatic heterocycles. The van der Waals surface area contributed by atoms with Gasteiger partial charge in [0.2, 0.25) is 0 Å². The quantitative estimate of drug-likeness (QED) is 0.850. The number of fused-ring (bicyclic) bond motifs is 1. The summed E-state index contributed by atoms with van der Waals surface area (Å²) >= 11 is 0. The van der Waals surface area contributed by atoms with E-state index in [4.69, 9.17) is 0 Å². The third-order valence-electron chi connectivity index (χ3n) is 3.89. The zero-order valence-corrected chi connectivity index (χ0v) is 12.8. The fraction of sp³-hybridized carbons (Fsp3) is 0.357. The molecule has 0 unspecified atom stereocenters. The fourth-order valence-corrected chi connectivity index (χ4v) is 4.38. The first-order chi connectivity index (χ1) is 10.4. The monoisotopic (exact) mass is 321 g/mol. The summed E-state index contributed by atoms with van der Waals surface area (Å²) in [5.41, 5.74) is 0.0448. The number of nitrogens with zero attached hydrogens (tertiary/aromatic N) is 2. The van der Waals surface area contributed by atoms with Crippen molar-refractivity contribution in [2.45, 2.75) is 12.5 Å². The summed E-state index contributed by atoms with van der Waals surface area (Å²) in [4.78, 5) is 32.4. The molecule has 0 saturated carbocycles. The molecule has 22 heavy (non-hydrogen) atoms. The minimum absolute atomic E-state index is 0.0486. The van der Waals surface area contributed by atoms with E-state index < -0.39 is 15.7 Å². The van der Waals surface area contributed by atoms with Gasteiger partial charge in [-0.15, -0.1) is 0 Å². The number of aromatic nitrogens is 2. The van der Waals surface area contributed by atoms with Crippen molar-refractivity contribution in [1.29, 1.82) is 0 Å². The van der Waals surface area contributed by atoms with Gasteiger partial charge in [-0.25, -0.2) is 13.4 Å². The predicted octanol–water partition coefficient (Wildman–Crippen LogP) is 0.182. The van der Waals surface area contributed by atoms with E-state index in [2.05, 4.69) is 9.97 Å². The van der Waals surface area contributed by atoms with Crippen molar-refractivity contribution in [1.82, 2.24) is 14.9 Å². The Kier molecular flexibility index (Phi) is 3.48. The molecule has 2 aromatic rings. The Balaban J connectivity index is 1.94. The van der Waals surface area contributed by atoms with E-state index in [1.54, 1.807) is 24.3 Å². The molecule has 1 aliphatic rings. The first-order valence-electron chi connectivity index (χ1n) is 6.84. The number of aromatic amines is 1. The highest BCUT2D eigenvalue weighted by Gasteiger charge is 2.33. The number of nitrogens with one attached hydrogen (secondary N) is 1. The van der Waals surface area contributed by atoms with Gasteiger partial charge in [0.1, 0.15) is 0 Å². The summed E-state index contributed by atoms with van der Waals surface area (Å²) in [7, 11) is -1.55. The lowest BCUT2D eigenvalue weighted by Crippen LogP contribution is -2.39. The van der Waals surface area contributed by atoms with Gasteiger partial charge in [-0.1, -0.05) is 12.1 Å². The van der Waals surface area contributed by atoms with Crippen LogP contribution in [0.15, 0.2) is 29.1 Å². The highest BCUT2D eigenvalue weighted by atomic mass is 32.2. The van der Waals surface area contributed by atoms with E-state index in [0.717, 1.165) is 0 Å². The molecule has 116 valence electrons. The van der Waals surface area contributed by atoms with Crippen LogP contribution in [0.3, 0.4) is 0 Å². The van der Waals surface area contributed by atoms with E-state index in [1.807, 2.05) is 0 Å². The maximum absolute atomic E-state index is 12.4. The number of sulfone groups is 1. The van der Waals surface area contributed by atoms with Crippen LogP contribution < -0.4 is 5.56 Å². The Morgan fingerprint density at radius 3 is 2.77 bits per heavy atom. The Morgan fingerprint density at radius 1 is 1.36 bits per heavy atom. The number of carbonyl (C=O) groups is 1. The normalized spacial score (nSPS) is 20.1. The molecular weight excluding hydrogens is 306 g/mol. The van der Waals surface area contributed by atoms with Crippen molar-refractivity contribution in [3.8, 4) is 0 Å². The van der Waals surface area contributed by atoms with Gasteiger partial charge in [-0.3, -0.25) is 9.59 Å². The van der Waals surface area contributed by atoms with E-state index in [9.17, 15) is 18.0 Å². The van der Waals surface area contributed by atoms with Crippen molar-refractivity contribution >= 4 is 26.6 Å². The highest BCUT2D eigenvalue weighted by molar-refractivity contribution is 7.91. The van der Waals surface area contributed by atoms with Crippen molar-refractivity contribution in [3.05, 3.63) is 40.4 Å². The van der Waals surface area contributed by atoms with Crippen LogP contribution in [0.2, 0.25) is 0 Å². The Bertz CT molecular complexity index is 904. The number of amides is 1. The average Bonchev–Trinajstić information content (AvgIpc) is 2.86. The summed E-state index contributed by atoms with van der Waals surface area (Å²) in [6.07, 6.45) is 0.405. The maximum Gasteiger partial charge on any atom is 0.289 e. The van der Waals surface area contributed by atoms with E-state index in [1.165, 1.54) is 11.9 Å². The van der Waals surface area contributed by atoms with Gasteiger partial charge in [0, 0.05) is 13.1 Å². The molecule has 1 N–H and O–H groups in total. The van der Waals surface area contributed by atoms with Crippen LogP contribution in [0.25, 0.3) is 10.9 Å². The topological polar surface area (TPSA) is 100 Å². The van der Waals surface area contributed by atoms with E-state index >= 15 is 0 Å². The minimum atomic E-state index is -3.09. The molecule has 1 saturated heterocycles. The Morgan fingerprint density at radius 2 is 2.09 bits per heavy atom. The number of carbonyl (C=O) groups excluding carboxylic acids is 1. The lowest BCUT2D eigenvalue weighted by Gasteiger charge is -2.22. The molecule has 0 spiro atoms. The van der Waals surface area contributed by atoms with Crippen LogP contribution in [0.1, 0.15) is 17.0 Å². The summed E-state index contributed by atoms with van der Waals surface area (Å²) in [6.45, 7) is 0. The molecule has 1 fully saturated rings. The predicted molar refractivity (Wildman–Crippen MR) is 81.5 cm³/mol. The van der Waals surface area contributed by atoms with Gasteiger partial charge in [0.15, 0.2) is 15.7 Å². The maximum atomic E-state index is 12.4. The number of rotatable bonds is 2. The molecule has 1 aliphatic heterocycles.